The highest BCUT2D eigenvalue weighted by Crippen LogP contribution is 1.97. The van der Waals surface area contributed by atoms with Crippen molar-refractivity contribution < 1.29 is 4.74 Å². The molecule has 1 rings (SSSR count). The molecule has 0 aromatic rings. The topological polar surface area (TPSA) is 12.5 Å². The van der Waals surface area contributed by atoms with E-state index in [4.69, 9.17) is 4.74 Å². The van der Waals surface area contributed by atoms with Crippen LogP contribution in [0.4, 0.5) is 0 Å². The minimum Gasteiger partial charge on any atom is -0.379 e. The second-order valence-electron chi connectivity index (χ2n) is 3.31. The van der Waals surface area contributed by atoms with Gasteiger partial charge in [0.15, 0.2) is 0 Å². The summed E-state index contributed by atoms with van der Waals surface area (Å²) in [7, 11) is 0. The fourth-order valence-electron chi connectivity index (χ4n) is 1.30. The van der Waals surface area contributed by atoms with Crippen LogP contribution in [0.25, 0.3) is 0 Å². The Morgan fingerprint density at radius 2 is 1.90 bits per heavy atom. The van der Waals surface area contributed by atoms with Crippen molar-refractivity contribution >= 4 is 14.1 Å². The first-order chi connectivity index (χ1) is 4.79. The molecule has 10 heavy (non-hydrogen) atoms. The fourth-order valence-corrected chi connectivity index (χ4v) is 2.70. The lowest BCUT2D eigenvalue weighted by atomic mass is 10.5. The maximum atomic E-state index is 5.26. The standard InChI is InChI=1S/C5H10NO.2CH3.Al/c1-6-2-4-7-5-3-6;;;/h1-5H2;2*1H3;. The summed E-state index contributed by atoms with van der Waals surface area (Å²) in [6, 6.07) is 0. The summed E-state index contributed by atoms with van der Waals surface area (Å²) in [6.07, 6.45) is 0. The van der Waals surface area contributed by atoms with Crippen LogP contribution in [0.3, 0.4) is 0 Å². The molecular weight excluding hydrogens is 141 g/mol. The van der Waals surface area contributed by atoms with Crippen molar-refractivity contribution in [2.24, 2.45) is 0 Å². The van der Waals surface area contributed by atoms with Gasteiger partial charge in [0.2, 0.25) is 0 Å². The minimum atomic E-state index is -0.373. The Labute approximate surface area is 67.5 Å². The van der Waals surface area contributed by atoms with Gasteiger partial charge in [-0.25, -0.2) is 0 Å². The van der Waals surface area contributed by atoms with E-state index in [1.807, 2.05) is 0 Å². The average molecular weight is 157 g/mol. The van der Waals surface area contributed by atoms with Gasteiger partial charge in [0.05, 0.1) is 13.2 Å². The van der Waals surface area contributed by atoms with Crippen LogP contribution in [0.5, 0.6) is 0 Å². The molecular formula is C7H16AlNO. The lowest BCUT2D eigenvalue weighted by Crippen LogP contribution is -2.40. The third kappa shape index (κ3) is 3.03. The monoisotopic (exact) mass is 157 g/mol. The number of hydrogen-bond donors (Lipinski definition) is 0. The second-order valence-corrected chi connectivity index (χ2v) is 6.46. The van der Waals surface area contributed by atoms with Gasteiger partial charge in [0.1, 0.15) is 0 Å². The molecule has 0 saturated carbocycles. The maximum Gasteiger partial charge on any atom is 0.275 e. The molecule has 1 aliphatic heterocycles. The molecule has 0 atom stereocenters. The van der Waals surface area contributed by atoms with Gasteiger partial charge in [-0.2, -0.15) is 0 Å². The van der Waals surface area contributed by atoms with Gasteiger partial charge in [0.25, 0.3) is 14.1 Å². The van der Waals surface area contributed by atoms with Crippen LogP contribution in [0.1, 0.15) is 0 Å². The van der Waals surface area contributed by atoms with Gasteiger partial charge in [0, 0.05) is 13.1 Å². The van der Waals surface area contributed by atoms with E-state index in [1.165, 1.54) is 5.41 Å². The summed E-state index contributed by atoms with van der Waals surface area (Å²) >= 11 is -0.373. The number of rotatable bonds is 2. The molecule has 0 N–H and O–H groups in total. The van der Waals surface area contributed by atoms with Crippen LogP contribution in [0.2, 0.25) is 11.6 Å². The van der Waals surface area contributed by atoms with Crippen molar-refractivity contribution in [1.82, 2.24) is 4.90 Å². The van der Waals surface area contributed by atoms with Gasteiger partial charge in [-0.1, -0.05) is 0 Å². The van der Waals surface area contributed by atoms with E-state index in [1.54, 1.807) is 0 Å². The molecule has 0 bridgehead atoms. The molecule has 3 heteroatoms. The average Bonchev–Trinajstić information content (AvgIpc) is 1.88. The number of morpholine rings is 1. The molecule has 0 unspecified atom stereocenters. The van der Waals surface area contributed by atoms with E-state index < -0.39 is 0 Å². The summed E-state index contributed by atoms with van der Waals surface area (Å²) in [5, 5.41) is 1.36. The van der Waals surface area contributed by atoms with Crippen molar-refractivity contribution in [2.75, 3.05) is 31.7 Å². The molecule has 58 valence electrons. The van der Waals surface area contributed by atoms with E-state index in [0.29, 0.717) is 0 Å². The Morgan fingerprint density at radius 3 is 2.40 bits per heavy atom. The number of nitrogens with zero attached hydrogens (tertiary/aromatic N) is 1. The highest BCUT2D eigenvalue weighted by molar-refractivity contribution is 6.55. The fraction of sp³-hybridized carbons (Fsp3) is 1.00. The first kappa shape index (κ1) is 8.55. The van der Waals surface area contributed by atoms with Gasteiger partial charge in [-0.3, -0.25) is 0 Å². The maximum absolute atomic E-state index is 5.26. The first-order valence-electron chi connectivity index (χ1n) is 4.09. The Hall–Kier alpha value is 0.452. The highest BCUT2D eigenvalue weighted by atomic mass is 27.2. The predicted octanol–water partition coefficient (Wildman–Crippen LogP) is 0.612. The van der Waals surface area contributed by atoms with E-state index in [-0.39, 0.29) is 14.1 Å². The largest absolute Gasteiger partial charge is 0.379 e. The molecule has 0 spiro atoms. The van der Waals surface area contributed by atoms with Crippen LogP contribution in [0, 0.1) is 0 Å². The third-order valence-electron chi connectivity index (χ3n) is 1.73. The Morgan fingerprint density at radius 1 is 1.30 bits per heavy atom. The smallest absolute Gasteiger partial charge is 0.275 e. The Kier molecular flexibility index (Phi) is 3.72. The van der Waals surface area contributed by atoms with Crippen molar-refractivity contribution in [1.29, 1.82) is 0 Å². The molecule has 1 heterocycles. The number of hydrogen-bond acceptors (Lipinski definition) is 2. The highest BCUT2D eigenvalue weighted by Gasteiger charge is 2.13. The Bertz CT molecular complexity index is 91.6. The minimum absolute atomic E-state index is 0.373. The van der Waals surface area contributed by atoms with Crippen LogP contribution in [-0.2, 0) is 4.74 Å². The molecule has 0 amide bonds. The van der Waals surface area contributed by atoms with Crippen LogP contribution in [-0.4, -0.2) is 50.8 Å². The zero-order valence-electron chi connectivity index (χ0n) is 6.97. The van der Waals surface area contributed by atoms with Crippen molar-refractivity contribution in [3.05, 3.63) is 0 Å². The summed E-state index contributed by atoms with van der Waals surface area (Å²) in [5.74, 6) is 4.80. The molecule has 2 nitrogen and oxygen atoms in total. The van der Waals surface area contributed by atoms with E-state index >= 15 is 0 Å². The predicted molar refractivity (Wildman–Crippen MR) is 44.7 cm³/mol. The summed E-state index contributed by atoms with van der Waals surface area (Å²) in [4.78, 5) is 2.53. The summed E-state index contributed by atoms with van der Waals surface area (Å²) in [6.45, 7) is 4.21. The van der Waals surface area contributed by atoms with Crippen LogP contribution in [0.15, 0.2) is 0 Å². The summed E-state index contributed by atoms with van der Waals surface area (Å²) in [5.41, 5.74) is 0. The molecule has 1 saturated heterocycles. The van der Waals surface area contributed by atoms with Gasteiger partial charge in [-0.05, 0) is 5.41 Å². The second kappa shape index (κ2) is 4.36. The van der Waals surface area contributed by atoms with Crippen molar-refractivity contribution in [2.45, 2.75) is 11.6 Å². The molecule has 0 aromatic carbocycles. The lowest BCUT2D eigenvalue weighted by molar-refractivity contribution is 0.0460. The van der Waals surface area contributed by atoms with Gasteiger partial charge in [-0.15, -0.1) is 11.6 Å². The normalized spacial score (nSPS) is 21.0. The third-order valence-corrected chi connectivity index (χ3v) is 2.97. The first-order valence-corrected chi connectivity index (χ1v) is 7.21. The SMILES string of the molecule is [CH3][Al]([CH3])[CH2]N1CCOCC1. The summed E-state index contributed by atoms with van der Waals surface area (Å²) < 4.78 is 5.26. The van der Waals surface area contributed by atoms with E-state index in [2.05, 4.69) is 16.5 Å². The zero-order chi connectivity index (χ0) is 7.40. The molecule has 1 aliphatic rings. The van der Waals surface area contributed by atoms with Crippen molar-refractivity contribution in [3.63, 3.8) is 0 Å². The van der Waals surface area contributed by atoms with Crippen LogP contribution < -0.4 is 0 Å². The quantitative estimate of drug-likeness (QED) is 0.545. The van der Waals surface area contributed by atoms with E-state index in [0.717, 1.165) is 26.3 Å². The molecule has 0 radical (unpaired) electrons. The lowest BCUT2D eigenvalue weighted by Gasteiger charge is -2.27. The molecule has 1 fully saturated rings. The molecule has 0 aliphatic carbocycles. The van der Waals surface area contributed by atoms with E-state index in [9.17, 15) is 0 Å². The van der Waals surface area contributed by atoms with Gasteiger partial charge >= 0.3 is 0 Å². The van der Waals surface area contributed by atoms with Crippen LogP contribution >= 0.6 is 0 Å². The van der Waals surface area contributed by atoms with Crippen molar-refractivity contribution in [3.8, 4) is 0 Å². The van der Waals surface area contributed by atoms with Gasteiger partial charge < -0.3 is 9.64 Å². The number of ether oxygens (including phenoxy) is 1. The molecule has 0 aromatic heterocycles. The zero-order valence-corrected chi connectivity index (χ0v) is 8.12. The Balaban J connectivity index is 2.13.